The summed E-state index contributed by atoms with van der Waals surface area (Å²) in [6.07, 6.45) is 3.16. The van der Waals surface area contributed by atoms with Crippen LogP contribution >= 0.6 is 0 Å². The quantitative estimate of drug-likeness (QED) is 0.699. The molecule has 1 N–H and O–H groups in total. The van der Waals surface area contributed by atoms with Crippen molar-refractivity contribution in [1.82, 2.24) is 0 Å². The van der Waals surface area contributed by atoms with Crippen LogP contribution in [-0.2, 0) is 10.1 Å². The second kappa shape index (κ2) is 10.2. The summed E-state index contributed by atoms with van der Waals surface area (Å²) >= 11 is 0. The Morgan fingerprint density at radius 2 is 1.29 bits per heavy atom. The molecule has 0 heterocycles. The summed E-state index contributed by atoms with van der Waals surface area (Å²) in [4.78, 5) is 0. The molecule has 5 heteroatoms. The van der Waals surface area contributed by atoms with Crippen LogP contribution in [0.25, 0.3) is 12.2 Å². The fourth-order valence-corrected chi connectivity index (χ4v) is 1.65. The summed E-state index contributed by atoms with van der Waals surface area (Å²) in [7, 11) is -4.00. The number of rotatable bonds is 3. The van der Waals surface area contributed by atoms with Gasteiger partial charge in [-0.1, -0.05) is 73.3 Å². The van der Waals surface area contributed by atoms with E-state index in [0.29, 0.717) is 0 Å². The van der Waals surface area contributed by atoms with Gasteiger partial charge in [0.2, 0.25) is 0 Å². The van der Waals surface area contributed by atoms with E-state index in [4.69, 9.17) is 4.55 Å². The predicted molar refractivity (Wildman–Crippen MR) is 90.7 cm³/mol. The summed E-state index contributed by atoms with van der Waals surface area (Å²) in [5, 5.41) is 0.752. The van der Waals surface area contributed by atoms with Crippen LogP contribution in [0.1, 0.15) is 11.1 Å². The Labute approximate surface area is 138 Å². The van der Waals surface area contributed by atoms with Gasteiger partial charge in [0.05, 0.1) is 5.41 Å². The zero-order valence-electron chi connectivity index (χ0n) is 10.9. The third-order valence-electron chi connectivity index (χ3n) is 2.27. The van der Waals surface area contributed by atoms with Gasteiger partial charge in [0.25, 0.3) is 10.1 Å². The van der Waals surface area contributed by atoms with Gasteiger partial charge < -0.3 is 0 Å². The molecule has 3 nitrogen and oxygen atoms in total. The normalized spacial score (nSPS) is 10.1. The number of benzene rings is 2. The molecule has 0 amide bonds. The molecule has 0 aliphatic heterocycles. The fourth-order valence-electron chi connectivity index (χ4n) is 1.32. The van der Waals surface area contributed by atoms with E-state index in [9.17, 15) is 8.42 Å². The van der Waals surface area contributed by atoms with Crippen molar-refractivity contribution in [2.45, 2.75) is 0 Å². The van der Waals surface area contributed by atoms with Crippen molar-refractivity contribution in [3.63, 3.8) is 0 Å². The molecule has 0 aliphatic carbocycles. The van der Waals surface area contributed by atoms with E-state index in [1.54, 1.807) is 24.3 Å². The van der Waals surface area contributed by atoms with Gasteiger partial charge in [-0.3, -0.25) is 4.55 Å². The van der Waals surface area contributed by atoms with E-state index in [2.05, 4.69) is 6.58 Å². The second-order valence-corrected chi connectivity index (χ2v) is 5.15. The van der Waals surface area contributed by atoms with Crippen LogP contribution in [0.2, 0.25) is 0 Å². The van der Waals surface area contributed by atoms with Crippen LogP contribution in [0.3, 0.4) is 0 Å². The SMILES string of the molecule is C=Cc1ccccc1.O=S(=O)(O)C=Cc1ccccc1.[LiH]. The Kier molecular flexibility index (Phi) is 9.43. The van der Waals surface area contributed by atoms with Crippen molar-refractivity contribution in [2.75, 3.05) is 0 Å². The van der Waals surface area contributed by atoms with E-state index in [0.717, 1.165) is 11.0 Å². The van der Waals surface area contributed by atoms with Crippen molar-refractivity contribution in [3.8, 4) is 0 Å². The van der Waals surface area contributed by atoms with Gasteiger partial charge in [0, 0.05) is 0 Å². The third kappa shape index (κ3) is 9.89. The summed E-state index contributed by atoms with van der Waals surface area (Å²) < 4.78 is 28.9. The van der Waals surface area contributed by atoms with Gasteiger partial charge in [-0.2, -0.15) is 8.42 Å². The van der Waals surface area contributed by atoms with Crippen molar-refractivity contribution >= 4 is 41.1 Å². The van der Waals surface area contributed by atoms with Crippen LogP contribution < -0.4 is 0 Å². The van der Waals surface area contributed by atoms with Crippen molar-refractivity contribution in [1.29, 1.82) is 0 Å². The summed E-state index contributed by atoms with van der Waals surface area (Å²) in [6.45, 7) is 3.63. The van der Waals surface area contributed by atoms with Crippen LogP contribution in [0.15, 0.2) is 72.7 Å². The maximum atomic E-state index is 10.3. The van der Waals surface area contributed by atoms with Crippen LogP contribution in [0.4, 0.5) is 0 Å². The van der Waals surface area contributed by atoms with Gasteiger partial charge in [-0.25, -0.2) is 0 Å². The maximum absolute atomic E-state index is 10.3. The van der Waals surface area contributed by atoms with Crippen LogP contribution in [-0.4, -0.2) is 31.8 Å². The van der Waals surface area contributed by atoms with Gasteiger partial charge in [0.15, 0.2) is 0 Å². The van der Waals surface area contributed by atoms with E-state index < -0.39 is 10.1 Å². The molecule has 2 aromatic carbocycles. The predicted octanol–water partition coefficient (Wildman–Crippen LogP) is 3.23. The number of hydrogen-bond acceptors (Lipinski definition) is 2. The topological polar surface area (TPSA) is 54.4 Å². The summed E-state index contributed by atoms with van der Waals surface area (Å²) in [5.74, 6) is 0. The zero-order valence-corrected chi connectivity index (χ0v) is 11.7. The Morgan fingerprint density at radius 1 is 0.857 bits per heavy atom. The Morgan fingerprint density at radius 3 is 1.62 bits per heavy atom. The van der Waals surface area contributed by atoms with E-state index in [1.165, 1.54) is 11.6 Å². The standard InChI is InChI=1S/C8H8O3S.C8H8.Li.H/c9-12(10,11)7-6-8-4-2-1-3-5-8;1-2-8-6-4-3-5-7-8;;/h1-7H,(H,9,10,11);2-7H,1H2;;. The van der Waals surface area contributed by atoms with Crippen LogP contribution in [0, 0.1) is 0 Å². The molecular formula is C16H17LiO3S. The van der Waals surface area contributed by atoms with Crippen molar-refractivity contribution in [2.24, 2.45) is 0 Å². The molecule has 0 radical (unpaired) electrons. The zero-order chi connectivity index (χ0) is 14.8. The third-order valence-corrected chi connectivity index (χ3v) is 2.75. The fraction of sp³-hybridized carbons (Fsp3) is 0. The molecule has 0 spiro atoms. The molecule has 0 fully saturated rings. The molecule has 0 aliphatic rings. The Balaban J connectivity index is 0.000000390. The first-order chi connectivity index (χ1) is 9.51. The molecule has 2 rings (SSSR count). The first-order valence-corrected chi connectivity index (χ1v) is 7.40. The minimum absolute atomic E-state index is 0. The molecule has 0 saturated carbocycles. The monoisotopic (exact) mass is 296 g/mol. The van der Waals surface area contributed by atoms with Crippen LogP contribution in [0.5, 0.6) is 0 Å². The molecule has 0 saturated heterocycles. The van der Waals surface area contributed by atoms with Gasteiger partial charge in [-0.05, 0) is 17.2 Å². The summed E-state index contributed by atoms with van der Waals surface area (Å²) in [6, 6.07) is 18.9. The Bertz CT molecular complexity index is 650. The second-order valence-electron chi connectivity index (χ2n) is 3.84. The molecule has 0 unspecified atom stereocenters. The van der Waals surface area contributed by atoms with E-state index >= 15 is 0 Å². The Hall–Kier alpha value is -1.57. The van der Waals surface area contributed by atoms with Gasteiger partial charge in [0.1, 0.15) is 0 Å². The first kappa shape index (κ1) is 19.4. The molecule has 2 aromatic rings. The molecule has 0 aromatic heterocycles. The van der Waals surface area contributed by atoms with Gasteiger partial charge >= 0.3 is 18.9 Å². The minimum atomic E-state index is -4.00. The average molecular weight is 296 g/mol. The molecular weight excluding hydrogens is 279 g/mol. The number of hydrogen-bond donors (Lipinski definition) is 1. The van der Waals surface area contributed by atoms with E-state index in [1.807, 2.05) is 42.5 Å². The molecule has 106 valence electrons. The molecule has 0 bridgehead atoms. The molecule has 21 heavy (non-hydrogen) atoms. The molecule has 0 atom stereocenters. The summed E-state index contributed by atoms with van der Waals surface area (Å²) in [5.41, 5.74) is 1.91. The first-order valence-electron chi connectivity index (χ1n) is 5.89. The van der Waals surface area contributed by atoms with Gasteiger partial charge in [-0.15, -0.1) is 0 Å². The average Bonchev–Trinajstić information content (AvgIpc) is 2.47. The van der Waals surface area contributed by atoms with E-state index in [-0.39, 0.29) is 18.9 Å². The van der Waals surface area contributed by atoms with Crippen molar-refractivity contribution in [3.05, 3.63) is 83.8 Å². The van der Waals surface area contributed by atoms with Crippen molar-refractivity contribution < 1.29 is 13.0 Å².